The van der Waals surface area contributed by atoms with Crippen LogP contribution in [0.4, 0.5) is 11.5 Å². The molecule has 0 saturated heterocycles. The molecule has 3 N–H and O–H groups in total. The predicted molar refractivity (Wildman–Crippen MR) is 81.6 cm³/mol. The van der Waals surface area contributed by atoms with E-state index in [9.17, 15) is 5.11 Å². The van der Waals surface area contributed by atoms with Gasteiger partial charge in [0.1, 0.15) is 0 Å². The molecule has 1 aromatic carbocycles. The lowest BCUT2D eigenvalue weighted by atomic mass is 10.2. The lowest BCUT2D eigenvalue weighted by Crippen LogP contribution is -2.28. The van der Waals surface area contributed by atoms with E-state index >= 15 is 0 Å². The molecule has 0 atom stereocenters. The molecule has 2 rings (SSSR count). The normalized spacial score (nSPS) is 10.8. The summed E-state index contributed by atoms with van der Waals surface area (Å²) in [5.41, 5.74) is 8.98. The standard InChI is InChI=1S/C15H22N4O/c1-3-13-14(16)15(18(2)17-13)19(9-10-20)11-12-7-5-4-6-8-12/h4-8,20H,3,9-11,16H2,1-2H3. The van der Waals surface area contributed by atoms with E-state index in [2.05, 4.69) is 22.1 Å². The molecular formula is C15H22N4O. The van der Waals surface area contributed by atoms with E-state index < -0.39 is 0 Å². The highest BCUT2D eigenvalue weighted by Gasteiger charge is 2.18. The molecule has 0 amide bonds. The Kier molecular flexibility index (Phi) is 4.63. The first-order valence-corrected chi connectivity index (χ1v) is 6.88. The Morgan fingerprint density at radius 2 is 2.00 bits per heavy atom. The van der Waals surface area contributed by atoms with Crippen molar-refractivity contribution >= 4 is 11.5 Å². The Morgan fingerprint density at radius 3 is 2.55 bits per heavy atom. The molecule has 108 valence electrons. The maximum absolute atomic E-state index is 9.31. The molecule has 0 radical (unpaired) electrons. The fourth-order valence-corrected chi connectivity index (χ4v) is 2.41. The monoisotopic (exact) mass is 274 g/mol. The number of nitrogens with zero attached hydrogens (tertiary/aromatic N) is 3. The van der Waals surface area contributed by atoms with Crippen molar-refractivity contribution in [2.45, 2.75) is 19.9 Å². The number of benzene rings is 1. The van der Waals surface area contributed by atoms with Gasteiger partial charge in [-0.25, -0.2) is 0 Å². The molecular weight excluding hydrogens is 252 g/mol. The summed E-state index contributed by atoms with van der Waals surface area (Å²) in [7, 11) is 1.89. The minimum Gasteiger partial charge on any atom is -0.395 e. The van der Waals surface area contributed by atoms with Crippen LogP contribution < -0.4 is 10.6 Å². The zero-order chi connectivity index (χ0) is 14.5. The summed E-state index contributed by atoms with van der Waals surface area (Å²) in [6.07, 6.45) is 0.804. The van der Waals surface area contributed by atoms with Crippen LogP contribution in [0, 0.1) is 0 Å². The Morgan fingerprint density at radius 1 is 1.30 bits per heavy atom. The third kappa shape index (κ3) is 2.93. The third-order valence-corrected chi connectivity index (χ3v) is 3.35. The molecule has 2 aromatic rings. The van der Waals surface area contributed by atoms with Crippen molar-refractivity contribution in [2.75, 3.05) is 23.8 Å². The van der Waals surface area contributed by atoms with E-state index in [1.54, 1.807) is 4.68 Å². The van der Waals surface area contributed by atoms with Crippen molar-refractivity contribution in [1.29, 1.82) is 0 Å². The Bertz CT molecular complexity index is 551. The van der Waals surface area contributed by atoms with Gasteiger partial charge in [0, 0.05) is 20.1 Å². The highest BCUT2D eigenvalue weighted by molar-refractivity contribution is 5.66. The van der Waals surface area contributed by atoms with E-state index in [1.165, 1.54) is 5.56 Å². The van der Waals surface area contributed by atoms with Crippen LogP contribution in [0.1, 0.15) is 18.2 Å². The van der Waals surface area contributed by atoms with Crippen molar-refractivity contribution < 1.29 is 5.11 Å². The molecule has 0 saturated carbocycles. The molecule has 0 aliphatic carbocycles. The molecule has 0 spiro atoms. The van der Waals surface area contributed by atoms with E-state index in [0.717, 1.165) is 17.9 Å². The maximum Gasteiger partial charge on any atom is 0.150 e. The number of aliphatic hydroxyl groups is 1. The molecule has 0 bridgehead atoms. The van der Waals surface area contributed by atoms with Gasteiger partial charge in [0.15, 0.2) is 5.82 Å². The van der Waals surface area contributed by atoms with Crippen molar-refractivity contribution in [3.05, 3.63) is 41.6 Å². The zero-order valence-corrected chi connectivity index (χ0v) is 12.1. The number of hydrogen-bond donors (Lipinski definition) is 2. The number of aromatic nitrogens is 2. The van der Waals surface area contributed by atoms with E-state index in [1.807, 2.05) is 32.2 Å². The van der Waals surface area contributed by atoms with Gasteiger partial charge in [-0.2, -0.15) is 5.10 Å². The summed E-state index contributed by atoms with van der Waals surface area (Å²) >= 11 is 0. The largest absolute Gasteiger partial charge is 0.395 e. The molecule has 1 heterocycles. The van der Waals surface area contributed by atoms with Gasteiger partial charge in [-0.1, -0.05) is 37.3 Å². The topological polar surface area (TPSA) is 67.3 Å². The van der Waals surface area contributed by atoms with Crippen molar-refractivity contribution in [2.24, 2.45) is 7.05 Å². The van der Waals surface area contributed by atoms with Gasteiger partial charge >= 0.3 is 0 Å². The smallest absolute Gasteiger partial charge is 0.150 e. The van der Waals surface area contributed by atoms with Crippen LogP contribution in [0.2, 0.25) is 0 Å². The van der Waals surface area contributed by atoms with Gasteiger partial charge in [0.25, 0.3) is 0 Å². The first-order valence-electron chi connectivity index (χ1n) is 6.88. The number of hydrogen-bond acceptors (Lipinski definition) is 4. The Balaban J connectivity index is 2.31. The fraction of sp³-hybridized carbons (Fsp3) is 0.400. The second-order valence-electron chi connectivity index (χ2n) is 4.79. The van der Waals surface area contributed by atoms with Gasteiger partial charge in [-0.15, -0.1) is 0 Å². The van der Waals surface area contributed by atoms with Crippen LogP contribution in [0.15, 0.2) is 30.3 Å². The summed E-state index contributed by atoms with van der Waals surface area (Å²) in [5, 5.41) is 13.8. The average molecular weight is 274 g/mol. The second-order valence-corrected chi connectivity index (χ2v) is 4.79. The highest BCUT2D eigenvalue weighted by Crippen LogP contribution is 2.27. The van der Waals surface area contributed by atoms with Gasteiger partial charge < -0.3 is 15.7 Å². The number of anilines is 2. The van der Waals surface area contributed by atoms with Crippen LogP contribution in [0.3, 0.4) is 0 Å². The number of aliphatic hydroxyl groups excluding tert-OH is 1. The van der Waals surface area contributed by atoms with Crippen molar-refractivity contribution in [3.8, 4) is 0 Å². The molecule has 0 aliphatic rings. The van der Waals surface area contributed by atoms with E-state index in [4.69, 9.17) is 5.73 Å². The number of nitrogen functional groups attached to an aromatic ring is 1. The average Bonchev–Trinajstić information content (AvgIpc) is 2.74. The lowest BCUT2D eigenvalue weighted by molar-refractivity contribution is 0.301. The van der Waals surface area contributed by atoms with Crippen LogP contribution in [0.25, 0.3) is 0 Å². The second kappa shape index (κ2) is 6.43. The molecule has 0 aliphatic heterocycles. The first kappa shape index (κ1) is 14.4. The molecule has 20 heavy (non-hydrogen) atoms. The minimum absolute atomic E-state index is 0.0823. The van der Waals surface area contributed by atoms with Crippen molar-refractivity contribution in [3.63, 3.8) is 0 Å². The van der Waals surface area contributed by atoms with Gasteiger partial charge in [-0.3, -0.25) is 4.68 Å². The molecule has 0 fully saturated rings. The summed E-state index contributed by atoms with van der Waals surface area (Å²) in [5.74, 6) is 0.875. The van der Waals surface area contributed by atoms with Crippen LogP contribution >= 0.6 is 0 Å². The van der Waals surface area contributed by atoms with Crippen LogP contribution in [-0.2, 0) is 20.0 Å². The van der Waals surface area contributed by atoms with Crippen LogP contribution in [-0.4, -0.2) is 28.0 Å². The Labute approximate surface area is 119 Å². The SMILES string of the molecule is CCc1nn(C)c(N(CCO)Cc2ccccc2)c1N. The molecule has 0 unspecified atom stereocenters. The Hall–Kier alpha value is -2.01. The fourth-order valence-electron chi connectivity index (χ4n) is 2.41. The van der Waals surface area contributed by atoms with Gasteiger partial charge in [0.05, 0.1) is 18.0 Å². The summed E-state index contributed by atoms with van der Waals surface area (Å²) < 4.78 is 1.80. The predicted octanol–water partition coefficient (Wildman–Crippen LogP) is 1.56. The zero-order valence-electron chi connectivity index (χ0n) is 12.1. The van der Waals surface area contributed by atoms with E-state index in [-0.39, 0.29) is 6.61 Å². The summed E-state index contributed by atoms with van der Waals surface area (Å²) in [6.45, 7) is 3.35. The van der Waals surface area contributed by atoms with Gasteiger partial charge in [0.2, 0.25) is 0 Å². The minimum atomic E-state index is 0.0823. The maximum atomic E-state index is 9.31. The first-order chi connectivity index (χ1) is 9.67. The third-order valence-electron chi connectivity index (χ3n) is 3.35. The summed E-state index contributed by atoms with van der Waals surface area (Å²) in [6, 6.07) is 10.1. The molecule has 1 aromatic heterocycles. The number of nitrogens with two attached hydrogens (primary N) is 1. The van der Waals surface area contributed by atoms with Gasteiger partial charge in [-0.05, 0) is 12.0 Å². The van der Waals surface area contributed by atoms with Crippen LogP contribution in [0.5, 0.6) is 0 Å². The van der Waals surface area contributed by atoms with Crippen molar-refractivity contribution in [1.82, 2.24) is 9.78 Å². The molecule has 5 nitrogen and oxygen atoms in total. The quantitative estimate of drug-likeness (QED) is 0.839. The lowest BCUT2D eigenvalue weighted by Gasteiger charge is -2.24. The summed E-state index contributed by atoms with van der Waals surface area (Å²) in [4.78, 5) is 2.07. The van der Waals surface area contributed by atoms with E-state index in [0.29, 0.717) is 18.8 Å². The molecule has 5 heteroatoms. The number of aryl methyl sites for hydroxylation is 2. The highest BCUT2D eigenvalue weighted by atomic mass is 16.3. The number of rotatable bonds is 6.